The van der Waals surface area contributed by atoms with Gasteiger partial charge in [0, 0.05) is 15.8 Å². The third kappa shape index (κ3) is 5.02. The molecule has 2 amide bonds. The first-order valence-corrected chi connectivity index (χ1v) is 10.3. The molecule has 1 aromatic carbocycles. The number of thiazole rings is 1. The molecule has 0 aliphatic carbocycles. The average molecular weight is 400 g/mol. The van der Waals surface area contributed by atoms with Crippen molar-refractivity contribution >= 4 is 34.5 Å². The van der Waals surface area contributed by atoms with Crippen LogP contribution in [-0.2, 0) is 11.3 Å². The van der Waals surface area contributed by atoms with Crippen molar-refractivity contribution in [2.24, 2.45) is 0 Å². The lowest BCUT2D eigenvalue weighted by Gasteiger charge is -2.07. The largest absolute Gasteiger partial charge is 0.350 e. The Labute approximate surface area is 166 Å². The highest BCUT2D eigenvalue weighted by atomic mass is 32.1. The molecule has 3 aromatic rings. The van der Waals surface area contributed by atoms with Crippen LogP contribution < -0.4 is 10.6 Å². The summed E-state index contributed by atoms with van der Waals surface area (Å²) in [4.78, 5) is 30.8. The minimum Gasteiger partial charge on any atom is -0.350 e. The fourth-order valence-corrected chi connectivity index (χ4v) is 4.08. The molecule has 3 rings (SSSR count). The molecule has 0 saturated carbocycles. The highest BCUT2D eigenvalue weighted by molar-refractivity contribution is 7.16. The summed E-state index contributed by atoms with van der Waals surface area (Å²) >= 11 is 3.23. The van der Waals surface area contributed by atoms with Gasteiger partial charge < -0.3 is 10.6 Å². The topological polar surface area (TPSA) is 71.1 Å². The number of benzene rings is 1. The van der Waals surface area contributed by atoms with Crippen LogP contribution in [0.15, 0.2) is 35.7 Å². The number of rotatable bonds is 6. The minimum atomic E-state index is -0.245. The molecule has 0 aliphatic rings. The van der Waals surface area contributed by atoms with Crippen LogP contribution in [0.25, 0.3) is 10.6 Å². The Hall–Kier alpha value is -2.51. The molecule has 2 N–H and O–H groups in total. The summed E-state index contributed by atoms with van der Waals surface area (Å²) in [5, 5.41) is 8.56. The van der Waals surface area contributed by atoms with E-state index in [0.717, 1.165) is 31.6 Å². The number of aryl methyl sites for hydroxylation is 3. The van der Waals surface area contributed by atoms with Gasteiger partial charge in [0.15, 0.2) is 0 Å². The summed E-state index contributed by atoms with van der Waals surface area (Å²) in [6.07, 6.45) is 0. The van der Waals surface area contributed by atoms with Crippen LogP contribution in [-0.4, -0.2) is 23.3 Å². The maximum Gasteiger partial charge on any atom is 0.251 e. The fourth-order valence-electron chi connectivity index (χ4n) is 2.48. The fraction of sp³-hybridized carbons (Fsp3) is 0.250. The van der Waals surface area contributed by atoms with E-state index in [2.05, 4.69) is 15.6 Å². The second-order valence-corrected chi connectivity index (χ2v) is 8.51. The summed E-state index contributed by atoms with van der Waals surface area (Å²) in [6.45, 7) is 6.33. The first-order chi connectivity index (χ1) is 12.9. The number of carbonyl (C=O) groups excluding carboxylic acids is 2. The van der Waals surface area contributed by atoms with Gasteiger partial charge in [-0.05, 0) is 56.2 Å². The first kappa shape index (κ1) is 19.3. The minimum absolute atomic E-state index is 0.0464. The standard InChI is InChI=1S/C20H21N3O2S2/c1-12-4-5-15(8-13(12)2)20(25)22-10-19(24)21-9-16-6-7-18(27-16)17-11-26-14(3)23-17/h4-8,11H,9-10H2,1-3H3,(H,21,24)(H,22,25). The molecular formula is C20H21N3O2S2. The maximum absolute atomic E-state index is 12.2. The summed E-state index contributed by atoms with van der Waals surface area (Å²) in [6, 6.07) is 9.51. The van der Waals surface area contributed by atoms with Crippen molar-refractivity contribution in [3.63, 3.8) is 0 Å². The molecule has 0 atom stereocenters. The monoisotopic (exact) mass is 399 g/mol. The number of aromatic nitrogens is 1. The van der Waals surface area contributed by atoms with Crippen LogP contribution >= 0.6 is 22.7 Å². The molecule has 0 fully saturated rings. The lowest BCUT2D eigenvalue weighted by molar-refractivity contribution is -0.120. The quantitative estimate of drug-likeness (QED) is 0.661. The predicted octanol–water partition coefficient (Wildman–Crippen LogP) is 3.84. The van der Waals surface area contributed by atoms with Gasteiger partial charge in [0.05, 0.1) is 28.7 Å². The SMILES string of the molecule is Cc1nc(-c2ccc(CNC(=O)CNC(=O)c3ccc(C)c(C)c3)s2)cs1. The average Bonchev–Trinajstić information content (AvgIpc) is 3.29. The van der Waals surface area contributed by atoms with Gasteiger partial charge in [-0.3, -0.25) is 9.59 Å². The van der Waals surface area contributed by atoms with Gasteiger partial charge in [0.1, 0.15) is 0 Å². The van der Waals surface area contributed by atoms with Gasteiger partial charge in [-0.1, -0.05) is 6.07 Å². The zero-order valence-electron chi connectivity index (χ0n) is 15.5. The van der Waals surface area contributed by atoms with E-state index >= 15 is 0 Å². The Balaban J connectivity index is 1.48. The van der Waals surface area contributed by atoms with Crippen LogP contribution in [0, 0.1) is 20.8 Å². The van der Waals surface area contributed by atoms with E-state index in [1.807, 2.05) is 50.4 Å². The summed E-state index contributed by atoms with van der Waals surface area (Å²) in [5.41, 5.74) is 3.72. The number of hydrogen-bond acceptors (Lipinski definition) is 5. The number of carbonyl (C=O) groups is 2. The molecule has 2 heterocycles. The molecule has 0 radical (unpaired) electrons. The second kappa shape index (κ2) is 8.45. The van der Waals surface area contributed by atoms with Crippen LogP contribution in [0.2, 0.25) is 0 Å². The third-order valence-corrected chi connectivity index (χ3v) is 6.05. The number of thiophene rings is 1. The molecule has 140 valence electrons. The molecular weight excluding hydrogens is 378 g/mol. The van der Waals surface area contributed by atoms with E-state index in [1.54, 1.807) is 28.7 Å². The van der Waals surface area contributed by atoms with E-state index in [1.165, 1.54) is 0 Å². The Bertz CT molecular complexity index is 975. The van der Waals surface area contributed by atoms with E-state index in [-0.39, 0.29) is 18.4 Å². The van der Waals surface area contributed by atoms with E-state index in [9.17, 15) is 9.59 Å². The second-order valence-electron chi connectivity index (χ2n) is 6.28. The molecule has 0 saturated heterocycles. The van der Waals surface area contributed by atoms with Crippen molar-refractivity contribution in [2.75, 3.05) is 6.54 Å². The van der Waals surface area contributed by atoms with E-state index in [0.29, 0.717) is 12.1 Å². The smallest absolute Gasteiger partial charge is 0.251 e. The van der Waals surface area contributed by atoms with Crippen LogP contribution in [0.3, 0.4) is 0 Å². The van der Waals surface area contributed by atoms with Gasteiger partial charge in [0.25, 0.3) is 5.91 Å². The van der Waals surface area contributed by atoms with E-state index < -0.39 is 0 Å². The third-order valence-electron chi connectivity index (χ3n) is 4.17. The van der Waals surface area contributed by atoms with Crippen molar-refractivity contribution in [1.29, 1.82) is 0 Å². The molecule has 5 nitrogen and oxygen atoms in total. The summed E-state index contributed by atoms with van der Waals surface area (Å²) in [7, 11) is 0. The van der Waals surface area contributed by atoms with Crippen molar-refractivity contribution in [3.05, 3.63) is 62.3 Å². The Morgan fingerprint density at radius 2 is 1.85 bits per heavy atom. The number of nitrogens with one attached hydrogen (secondary N) is 2. The number of nitrogens with zero attached hydrogens (tertiary/aromatic N) is 1. The summed E-state index contributed by atoms with van der Waals surface area (Å²) < 4.78 is 0. The van der Waals surface area contributed by atoms with Gasteiger partial charge in [-0.15, -0.1) is 22.7 Å². The van der Waals surface area contributed by atoms with Crippen LogP contribution in [0.1, 0.15) is 31.4 Å². The van der Waals surface area contributed by atoms with Gasteiger partial charge >= 0.3 is 0 Å². The molecule has 27 heavy (non-hydrogen) atoms. The lowest BCUT2D eigenvalue weighted by atomic mass is 10.1. The lowest BCUT2D eigenvalue weighted by Crippen LogP contribution is -2.36. The van der Waals surface area contributed by atoms with Crippen molar-refractivity contribution in [3.8, 4) is 10.6 Å². The molecule has 0 aliphatic heterocycles. The van der Waals surface area contributed by atoms with Crippen molar-refractivity contribution in [1.82, 2.24) is 15.6 Å². The number of hydrogen-bond donors (Lipinski definition) is 2. The molecule has 0 spiro atoms. The Morgan fingerprint density at radius 3 is 2.56 bits per heavy atom. The summed E-state index contributed by atoms with van der Waals surface area (Å²) in [5.74, 6) is -0.461. The Morgan fingerprint density at radius 1 is 1.04 bits per heavy atom. The zero-order chi connectivity index (χ0) is 19.4. The van der Waals surface area contributed by atoms with Gasteiger partial charge in [-0.25, -0.2) is 4.98 Å². The highest BCUT2D eigenvalue weighted by Crippen LogP contribution is 2.28. The van der Waals surface area contributed by atoms with Crippen molar-refractivity contribution in [2.45, 2.75) is 27.3 Å². The first-order valence-electron chi connectivity index (χ1n) is 8.56. The molecule has 7 heteroatoms. The molecule has 0 unspecified atom stereocenters. The normalized spacial score (nSPS) is 10.6. The highest BCUT2D eigenvalue weighted by Gasteiger charge is 2.10. The zero-order valence-corrected chi connectivity index (χ0v) is 17.1. The van der Waals surface area contributed by atoms with Crippen molar-refractivity contribution < 1.29 is 9.59 Å². The van der Waals surface area contributed by atoms with E-state index in [4.69, 9.17) is 0 Å². The van der Waals surface area contributed by atoms with Crippen LogP contribution in [0.5, 0.6) is 0 Å². The van der Waals surface area contributed by atoms with Gasteiger partial charge in [-0.2, -0.15) is 0 Å². The Kier molecular flexibility index (Phi) is 6.03. The van der Waals surface area contributed by atoms with Gasteiger partial charge in [0.2, 0.25) is 5.91 Å². The predicted molar refractivity (Wildman–Crippen MR) is 110 cm³/mol. The van der Waals surface area contributed by atoms with Crippen LogP contribution in [0.4, 0.5) is 0 Å². The number of amides is 2. The molecule has 0 bridgehead atoms. The maximum atomic E-state index is 12.2. The molecule has 2 aromatic heterocycles.